The summed E-state index contributed by atoms with van der Waals surface area (Å²) in [6.07, 6.45) is 5.67. The highest BCUT2D eigenvalue weighted by Crippen LogP contribution is 2.32. The summed E-state index contributed by atoms with van der Waals surface area (Å²) < 4.78 is 0. The Bertz CT molecular complexity index is 347. The van der Waals surface area contributed by atoms with Crippen LogP contribution in [0.25, 0.3) is 0 Å². The van der Waals surface area contributed by atoms with E-state index >= 15 is 0 Å². The molecule has 1 saturated carbocycles. The molecule has 1 fully saturated rings. The van der Waals surface area contributed by atoms with Crippen molar-refractivity contribution in [1.82, 2.24) is 0 Å². The van der Waals surface area contributed by atoms with E-state index < -0.39 is 0 Å². The van der Waals surface area contributed by atoms with Gasteiger partial charge in [-0.3, -0.25) is 4.79 Å². The van der Waals surface area contributed by atoms with Crippen LogP contribution >= 0.6 is 15.9 Å². The van der Waals surface area contributed by atoms with E-state index in [0.717, 1.165) is 5.56 Å². The Morgan fingerprint density at radius 3 is 2.56 bits per heavy atom. The number of Topliss-reactive ketones (excluding diaryl/α,β-unsaturated/α-hetero) is 1. The first-order valence-corrected chi connectivity index (χ1v) is 6.91. The normalized spacial score (nSPS) is 25.3. The summed E-state index contributed by atoms with van der Waals surface area (Å²) in [6.45, 7) is 0. The number of rotatable bonds is 3. The van der Waals surface area contributed by atoms with Crippen LogP contribution in [0.4, 0.5) is 0 Å². The van der Waals surface area contributed by atoms with Gasteiger partial charge >= 0.3 is 0 Å². The zero-order chi connectivity index (χ0) is 11.4. The maximum Gasteiger partial charge on any atom is 0.163 e. The minimum Gasteiger partial charge on any atom is -0.294 e. The molecule has 0 bridgehead atoms. The van der Waals surface area contributed by atoms with Crippen LogP contribution in [-0.2, 0) is 0 Å². The average Bonchev–Trinajstić information content (AvgIpc) is 2.33. The van der Waals surface area contributed by atoms with Crippen molar-refractivity contribution in [3.05, 3.63) is 35.9 Å². The molecule has 0 saturated heterocycles. The predicted molar refractivity (Wildman–Crippen MR) is 70.1 cm³/mol. The SMILES string of the molecule is O=C(CC1CCCCC1Br)c1ccccc1. The summed E-state index contributed by atoms with van der Waals surface area (Å²) in [4.78, 5) is 12.6. The second-order valence-corrected chi connectivity index (χ2v) is 5.73. The minimum absolute atomic E-state index is 0.289. The van der Waals surface area contributed by atoms with Crippen molar-refractivity contribution in [2.75, 3.05) is 0 Å². The van der Waals surface area contributed by atoms with E-state index in [1.807, 2.05) is 30.3 Å². The molecule has 1 aromatic carbocycles. The summed E-state index contributed by atoms with van der Waals surface area (Å²) in [5.74, 6) is 0.818. The number of hydrogen-bond donors (Lipinski definition) is 0. The lowest BCUT2D eigenvalue weighted by atomic mass is 9.84. The van der Waals surface area contributed by atoms with Crippen molar-refractivity contribution < 1.29 is 4.79 Å². The largest absolute Gasteiger partial charge is 0.294 e. The van der Waals surface area contributed by atoms with Crippen LogP contribution in [0, 0.1) is 5.92 Å². The molecule has 0 heterocycles. The second kappa shape index (κ2) is 5.62. The van der Waals surface area contributed by atoms with Gasteiger partial charge in [-0.2, -0.15) is 0 Å². The molecule has 1 nitrogen and oxygen atoms in total. The van der Waals surface area contributed by atoms with Crippen LogP contribution in [0.5, 0.6) is 0 Å². The molecule has 0 aliphatic heterocycles. The first kappa shape index (κ1) is 11.8. The van der Waals surface area contributed by atoms with Crippen LogP contribution in [0.2, 0.25) is 0 Å². The molecule has 2 heteroatoms. The number of alkyl halides is 1. The van der Waals surface area contributed by atoms with Crippen LogP contribution in [0.1, 0.15) is 42.5 Å². The zero-order valence-electron chi connectivity index (χ0n) is 9.36. The lowest BCUT2D eigenvalue weighted by Crippen LogP contribution is -2.22. The maximum absolute atomic E-state index is 12.0. The third-order valence-corrected chi connectivity index (χ3v) is 4.57. The average molecular weight is 281 g/mol. The maximum atomic E-state index is 12.0. The first-order valence-electron chi connectivity index (χ1n) is 5.99. The van der Waals surface area contributed by atoms with Gasteiger partial charge in [0, 0.05) is 16.8 Å². The summed E-state index contributed by atoms with van der Waals surface area (Å²) in [5, 5.41) is 0. The van der Waals surface area contributed by atoms with Gasteiger partial charge in [0.15, 0.2) is 5.78 Å². The van der Waals surface area contributed by atoms with Crippen molar-refractivity contribution in [1.29, 1.82) is 0 Å². The Kier molecular flexibility index (Phi) is 4.16. The standard InChI is InChI=1S/C14H17BrO/c15-13-9-5-4-8-12(13)10-14(16)11-6-2-1-3-7-11/h1-3,6-7,12-13H,4-5,8-10H2. The van der Waals surface area contributed by atoms with E-state index in [1.54, 1.807) is 0 Å². The summed E-state index contributed by atoms with van der Waals surface area (Å²) in [7, 11) is 0. The van der Waals surface area contributed by atoms with Crippen LogP contribution in [0.15, 0.2) is 30.3 Å². The van der Waals surface area contributed by atoms with Crippen molar-refractivity contribution in [3.8, 4) is 0 Å². The van der Waals surface area contributed by atoms with Gasteiger partial charge in [0.25, 0.3) is 0 Å². The van der Waals surface area contributed by atoms with Gasteiger partial charge < -0.3 is 0 Å². The van der Waals surface area contributed by atoms with Crippen molar-refractivity contribution in [2.24, 2.45) is 5.92 Å². The predicted octanol–water partition coefficient (Wildman–Crippen LogP) is 4.21. The highest BCUT2D eigenvalue weighted by molar-refractivity contribution is 9.09. The molecular formula is C14H17BrO. The van der Waals surface area contributed by atoms with Gasteiger partial charge in [0.1, 0.15) is 0 Å². The Morgan fingerprint density at radius 1 is 1.19 bits per heavy atom. The Balaban J connectivity index is 1.96. The Morgan fingerprint density at radius 2 is 1.88 bits per heavy atom. The number of carbonyl (C=O) groups is 1. The number of carbonyl (C=O) groups excluding carboxylic acids is 1. The van der Waals surface area contributed by atoms with Gasteiger partial charge in [0.2, 0.25) is 0 Å². The lowest BCUT2D eigenvalue weighted by Gasteiger charge is -2.26. The number of hydrogen-bond acceptors (Lipinski definition) is 1. The molecule has 0 radical (unpaired) electrons. The number of benzene rings is 1. The molecule has 2 unspecified atom stereocenters. The summed E-state index contributed by atoms with van der Waals surface area (Å²) in [6, 6.07) is 9.63. The van der Waals surface area contributed by atoms with E-state index in [9.17, 15) is 4.79 Å². The third kappa shape index (κ3) is 2.94. The molecule has 16 heavy (non-hydrogen) atoms. The van der Waals surface area contributed by atoms with Crippen molar-refractivity contribution in [3.63, 3.8) is 0 Å². The topological polar surface area (TPSA) is 17.1 Å². The van der Waals surface area contributed by atoms with Gasteiger partial charge in [-0.1, -0.05) is 59.1 Å². The highest BCUT2D eigenvalue weighted by atomic mass is 79.9. The molecule has 2 rings (SSSR count). The van der Waals surface area contributed by atoms with Crippen molar-refractivity contribution >= 4 is 21.7 Å². The summed E-state index contributed by atoms with van der Waals surface area (Å²) in [5.41, 5.74) is 0.854. The van der Waals surface area contributed by atoms with Crippen molar-refractivity contribution in [2.45, 2.75) is 36.9 Å². The molecule has 0 amide bonds. The van der Waals surface area contributed by atoms with Crippen LogP contribution in [0.3, 0.4) is 0 Å². The van der Waals surface area contributed by atoms with Gasteiger partial charge in [-0.15, -0.1) is 0 Å². The van der Waals surface area contributed by atoms with E-state index in [4.69, 9.17) is 0 Å². The molecule has 0 spiro atoms. The van der Waals surface area contributed by atoms with Gasteiger partial charge in [0.05, 0.1) is 0 Å². The van der Waals surface area contributed by atoms with E-state index in [2.05, 4.69) is 15.9 Å². The summed E-state index contributed by atoms with van der Waals surface area (Å²) >= 11 is 3.70. The van der Waals surface area contributed by atoms with Crippen LogP contribution in [-0.4, -0.2) is 10.6 Å². The van der Waals surface area contributed by atoms with E-state index in [1.165, 1.54) is 25.7 Å². The fourth-order valence-electron chi connectivity index (χ4n) is 2.37. The third-order valence-electron chi connectivity index (χ3n) is 3.36. The second-order valence-electron chi connectivity index (χ2n) is 4.55. The molecule has 86 valence electrons. The minimum atomic E-state index is 0.289. The highest BCUT2D eigenvalue weighted by Gasteiger charge is 2.25. The Labute approximate surface area is 105 Å². The smallest absolute Gasteiger partial charge is 0.163 e. The quantitative estimate of drug-likeness (QED) is 0.599. The monoisotopic (exact) mass is 280 g/mol. The Hall–Kier alpha value is -0.630. The first-order chi connectivity index (χ1) is 7.77. The molecule has 1 aromatic rings. The fraction of sp³-hybridized carbons (Fsp3) is 0.500. The number of ketones is 1. The molecule has 0 N–H and O–H groups in total. The fourth-order valence-corrected chi connectivity index (χ4v) is 3.15. The molecule has 1 aliphatic rings. The molecule has 0 aromatic heterocycles. The zero-order valence-corrected chi connectivity index (χ0v) is 10.9. The molecule has 1 aliphatic carbocycles. The van der Waals surface area contributed by atoms with E-state index in [0.29, 0.717) is 17.2 Å². The molecular weight excluding hydrogens is 264 g/mol. The molecule has 2 atom stereocenters. The van der Waals surface area contributed by atoms with Crippen LogP contribution < -0.4 is 0 Å². The lowest BCUT2D eigenvalue weighted by molar-refractivity contribution is 0.0953. The van der Waals surface area contributed by atoms with Gasteiger partial charge in [-0.05, 0) is 18.8 Å². The van der Waals surface area contributed by atoms with E-state index in [-0.39, 0.29) is 5.78 Å². The number of halogens is 1. The van der Waals surface area contributed by atoms with Gasteiger partial charge in [-0.25, -0.2) is 0 Å².